The van der Waals surface area contributed by atoms with E-state index in [4.69, 9.17) is 0 Å². The van der Waals surface area contributed by atoms with E-state index in [0.717, 1.165) is 6.42 Å². The van der Waals surface area contributed by atoms with E-state index in [1.165, 1.54) is 5.19 Å². The van der Waals surface area contributed by atoms with Gasteiger partial charge in [0.15, 0.2) is 0 Å². The van der Waals surface area contributed by atoms with Crippen LogP contribution in [0.3, 0.4) is 0 Å². The molecule has 0 spiro atoms. The van der Waals surface area contributed by atoms with Crippen LogP contribution in [0.25, 0.3) is 0 Å². The zero-order chi connectivity index (χ0) is 15.8. The second-order valence-electron chi connectivity index (χ2n) is 7.74. The highest BCUT2D eigenvalue weighted by Crippen LogP contribution is 2.45. The molecule has 0 aromatic heterocycles. The molecule has 1 aliphatic rings. The predicted molar refractivity (Wildman–Crippen MR) is 90.5 cm³/mol. The number of hydrogen-bond donors (Lipinski definition) is 1. The summed E-state index contributed by atoms with van der Waals surface area (Å²) in [6, 6.07) is 10.6. The van der Waals surface area contributed by atoms with Crippen molar-refractivity contribution in [1.29, 1.82) is 0 Å². The van der Waals surface area contributed by atoms with Gasteiger partial charge in [0.05, 0.1) is 13.7 Å². The van der Waals surface area contributed by atoms with Gasteiger partial charge in [0, 0.05) is 12.3 Å². The lowest BCUT2D eigenvalue weighted by Crippen LogP contribution is -2.53. The Hall–Kier alpha value is -0.933. The van der Waals surface area contributed by atoms with Crippen LogP contribution in [0.15, 0.2) is 30.3 Å². The average molecular weight is 305 g/mol. The number of benzene rings is 1. The second kappa shape index (κ2) is 5.69. The number of Topliss-reactive ketones (excluding diaryl/α,β-unsaturated/α-hetero) is 1. The third-order valence-electron chi connectivity index (χ3n) is 5.54. The van der Waals surface area contributed by atoms with E-state index in [-0.39, 0.29) is 11.8 Å². The minimum atomic E-state index is -1.74. The molecule has 0 aliphatic heterocycles. The Labute approximate surface area is 129 Å². The largest absolute Gasteiger partial charge is 0.390 e. The lowest BCUT2D eigenvalue weighted by atomic mass is 9.74. The van der Waals surface area contributed by atoms with Gasteiger partial charge in [-0.15, -0.1) is 0 Å². The normalized spacial score (nSPS) is 27.7. The van der Waals surface area contributed by atoms with Crippen LogP contribution in [-0.4, -0.2) is 24.6 Å². The molecule has 21 heavy (non-hydrogen) atoms. The van der Waals surface area contributed by atoms with Crippen molar-refractivity contribution in [3.05, 3.63) is 30.3 Å². The molecule has 1 fully saturated rings. The van der Waals surface area contributed by atoms with Crippen molar-refractivity contribution in [3.8, 4) is 0 Å². The third-order valence-corrected chi connectivity index (χ3v) is 9.95. The Morgan fingerprint density at radius 3 is 2.29 bits per heavy atom. The minimum Gasteiger partial charge on any atom is -0.390 e. The van der Waals surface area contributed by atoms with E-state index in [1.54, 1.807) is 0 Å². The highest BCUT2D eigenvalue weighted by atomic mass is 28.3. The van der Waals surface area contributed by atoms with Gasteiger partial charge in [-0.05, 0) is 31.7 Å². The monoisotopic (exact) mass is 304 g/mol. The number of ketones is 1. The number of hydrogen-bond acceptors (Lipinski definition) is 2. The Kier molecular flexibility index (Phi) is 4.46. The predicted octanol–water partition coefficient (Wildman–Crippen LogP) is 3.36. The molecule has 1 aromatic carbocycles. The van der Waals surface area contributed by atoms with Crippen LogP contribution in [0.4, 0.5) is 0 Å². The van der Waals surface area contributed by atoms with Gasteiger partial charge in [0.25, 0.3) is 0 Å². The maximum Gasteiger partial charge on any atom is 0.136 e. The molecule has 1 N–H and O–H groups in total. The summed E-state index contributed by atoms with van der Waals surface area (Å²) >= 11 is 0. The summed E-state index contributed by atoms with van der Waals surface area (Å²) in [6.07, 6.45) is 1.49. The van der Waals surface area contributed by atoms with Crippen molar-refractivity contribution < 1.29 is 9.90 Å². The smallest absolute Gasteiger partial charge is 0.136 e. The van der Waals surface area contributed by atoms with Gasteiger partial charge in [-0.2, -0.15) is 0 Å². The molecule has 1 aromatic rings. The number of aliphatic hydroxyl groups is 1. The first kappa shape index (κ1) is 16.4. The molecule has 3 heteroatoms. The molecule has 0 radical (unpaired) electrons. The van der Waals surface area contributed by atoms with Gasteiger partial charge in [-0.25, -0.2) is 0 Å². The number of carbonyl (C=O) groups is 1. The molecule has 116 valence electrons. The van der Waals surface area contributed by atoms with Crippen molar-refractivity contribution in [2.24, 2.45) is 11.8 Å². The van der Waals surface area contributed by atoms with Crippen LogP contribution >= 0.6 is 0 Å². The minimum absolute atomic E-state index is 0.0849. The van der Waals surface area contributed by atoms with Gasteiger partial charge in [-0.1, -0.05) is 55.5 Å². The SMILES string of the molecule is C[C@H]1C(=O)C[C@@H](C(C)(C)O)C[C@@H]1[Si](C)(C)c1ccccc1. The molecular formula is C18H28O2Si. The summed E-state index contributed by atoms with van der Waals surface area (Å²) in [5.74, 6) is 0.530. The number of carbonyl (C=O) groups excluding carboxylic acids is 1. The molecule has 0 unspecified atom stereocenters. The van der Waals surface area contributed by atoms with Crippen LogP contribution < -0.4 is 5.19 Å². The quantitative estimate of drug-likeness (QED) is 0.870. The van der Waals surface area contributed by atoms with E-state index < -0.39 is 13.7 Å². The molecule has 1 aliphatic carbocycles. The average Bonchev–Trinajstić information content (AvgIpc) is 2.41. The van der Waals surface area contributed by atoms with Crippen molar-refractivity contribution in [2.45, 2.75) is 57.8 Å². The Balaban J connectivity index is 2.34. The lowest BCUT2D eigenvalue weighted by Gasteiger charge is -2.45. The molecule has 1 saturated carbocycles. The van der Waals surface area contributed by atoms with Crippen molar-refractivity contribution >= 4 is 19.0 Å². The van der Waals surface area contributed by atoms with Crippen molar-refractivity contribution in [3.63, 3.8) is 0 Å². The first-order chi connectivity index (χ1) is 9.64. The van der Waals surface area contributed by atoms with Crippen molar-refractivity contribution in [2.75, 3.05) is 0 Å². The van der Waals surface area contributed by atoms with Gasteiger partial charge >= 0.3 is 0 Å². The molecule has 0 amide bonds. The van der Waals surface area contributed by atoms with Gasteiger partial charge < -0.3 is 5.11 Å². The summed E-state index contributed by atoms with van der Waals surface area (Å²) in [6.45, 7) is 10.5. The topological polar surface area (TPSA) is 37.3 Å². The van der Waals surface area contributed by atoms with E-state index in [9.17, 15) is 9.90 Å². The third kappa shape index (κ3) is 3.29. The Bertz CT molecular complexity index is 502. The lowest BCUT2D eigenvalue weighted by molar-refractivity contribution is -0.129. The first-order valence-corrected chi connectivity index (χ1v) is 11.0. The van der Waals surface area contributed by atoms with Crippen LogP contribution in [0, 0.1) is 11.8 Å². The van der Waals surface area contributed by atoms with Crippen LogP contribution in [0.1, 0.15) is 33.6 Å². The zero-order valence-corrected chi connectivity index (χ0v) is 14.9. The van der Waals surface area contributed by atoms with E-state index in [2.05, 4.69) is 44.3 Å². The highest BCUT2D eigenvalue weighted by molar-refractivity contribution is 6.91. The Morgan fingerprint density at radius 2 is 1.76 bits per heavy atom. The molecule has 3 atom stereocenters. The number of rotatable bonds is 3. The zero-order valence-electron chi connectivity index (χ0n) is 13.9. The standard InChI is InChI=1S/C18H28O2Si/c1-13-16(19)11-14(18(2,3)20)12-17(13)21(4,5)15-9-7-6-8-10-15/h6-10,13-14,17,20H,11-12H2,1-5H3/t13-,14+,17-/m0/s1. The van der Waals surface area contributed by atoms with Gasteiger partial charge in [0.1, 0.15) is 5.78 Å². The fourth-order valence-electron chi connectivity index (χ4n) is 3.79. The van der Waals surface area contributed by atoms with Gasteiger partial charge in [0.2, 0.25) is 0 Å². The van der Waals surface area contributed by atoms with E-state index in [0.29, 0.717) is 17.7 Å². The fraction of sp³-hybridized carbons (Fsp3) is 0.611. The van der Waals surface area contributed by atoms with E-state index >= 15 is 0 Å². The highest BCUT2D eigenvalue weighted by Gasteiger charge is 2.46. The molecule has 2 nitrogen and oxygen atoms in total. The summed E-state index contributed by atoms with van der Waals surface area (Å²) in [5.41, 5.74) is -0.368. The second-order valence-corrected chi connectivity index (χ2v) is 12.5. The molecule has 0 saturated heterocycles. The summed E-state index contributed by atoms with van der Waals surface area (Å²) in [4.78, 5) is 12.5. The van der Waals surface area contributed by atoms with Crippen LogP contribution in [0.5, 0.6) is 0 Å². The van der Waals surface area contributed by atoms with Crippen LogP contribution in [-0.2, 0) is 4.79 Å². The Morgan fingerprint density at radius 1 is 1.19 bits per heavy atom. The maximum atomic E-state index is 12.5. The van der Waals surface area contributed by atoms with E-state index in [1.807, 2.05) is 19.9 Å². The molecule has 2 rings (SSSR count). The summed E-state index contributed by atoms with van der Waals surface area (Å²) < 4.78 is 0. The first-order valence-electron chi connectivity index (χ1n) is 7.94. The van der Waals surface area contributed by atoms with Crippen molar-refractivity contribution in [1.82, 2.24) is 0 Å². The summed E-state index contributed by atoms with van der Waals surface area (Å²) in [7, 11) is -1.74. The maximum absolute atomic E-state index is 12.5. The molecule has 0 heterocycles. The summed E-state index contributed by atoms with van der Waals surface area (Å²) in [5, 5.41) is 11.8. The van der Waals surface area contributed by atoms with Crippen LogP contribution in [0.2, 0.25) is 18.6 Å². The van der Waals surface area contributed by atoms with Gasteiger partial charge in [-0.3, -0.25) is 4.79 Å². The fourth-order valence-corrected chi connectivity index (χ4v) is 7.58. The molecule has 0 bridgehead atoms. The molecular weight excluding hydrogens is 276 g/mol.